The van der Waals surface area contributed by atoms with Gasteiger partial charge in [0.1, 0.15) is 12.0 Å². The Hall–Kier alpha value is -0.570. The van der Waals surface area contributed by atoms with Crippen LogP contribution in [0, 0.1) is 5.92 Å². The second kappa shape index (κ2) is 4.74. The molecular formula is C13H24NO2+. The molecule has 2 aliphatic rings. The van der Waals surface area contributed by atoms with Crippen LogP contribution in [0.5, 0.6) is 0 Å². The predicted octanol–water partition coefficient (Wildman–Crippen LogP) is 1.96. The van der Waals surface area contributed by atoms with Gasteiger partial charge in [-0.2, -0.15) is 0 Å². The fourth-order valence-corrected chi connectivity index (χ4v) is 3.61. The van der Waals surface area contributed by atoms with E-state index in [0.717, 1.165) is 10.9 Å². The highest BCUT2D eigenvalue weighted by Gasteiger charge is 2.46. The van der Waals surface area contributed by atoms with E-state index in [2.05, 4.69) is 7.05 Å². The number of nitrogens with zero attached hydrogens (tertiary/aromatic N) is 1. The topological polar surface area (TPSA) is 26.3 Å². The normalized spacial score (nSPS) is 38.9. The molecule has 2 aliphatic heterocycles. The first-order valence-electron chi connectivity index (χ1n) is 6.68. The third kappa shape index (κ3) is 2.10. The summed E-state index contributed by atoms with van der Waals surface area (Å²) >= 11 is 0. The van der Waals surface area contributed by atoms with Crippen molar-refractivity contribution in [3.05, 3.63) is 0 Å². The average molecular weight is 226 g/mol. The third-order valence-corrected chi connectivity index (χ3v) is 4.46. The van der Waals surface area contributed by atoms with Gasteiger partial charge in [-0.25, -0.2) is 0 Å². The summed E-state index contributed by atoms with van der Waals surface area (Å²) in [4.78, 5) is 12.0. The van der Waals surface area contributed by atoms with Crippen LogP contribution in [0.4, 0.5) is 0 Å². The quantitative estimate of drug-likeness (QED) is 0.531. The summed E-state index contributed by atoms with van der Waals surface area (Å²) in [6, 6.07) is 0.529. The van der Waals surface area contributed by atoms with E-state index in [-0.39, 0.29) is 11.9 Å². The fourth-order valence-electron chi connectivity index (χ4n) is 3.61. The predicted molar refractivity (Wildman–Crippen MR) is 62.9 cm³/mol. The molecule has 0 unspecified atom stereocenters. The van der Waals surface area contributed by atoms with Crippen LogP contribution in [-0.2, 0) is 9.53 Å². The molecule has 16 heavy (non-hydrogen) atoms. The van der Waals surface area contributed by atoms with Gasteiger partial charge in [-0.3, -0.25) is 4.79 Å². The van der Waals surface area contributed by atoms with Gasteiger partial charge < -0.3 is 9.22 Å². The molecule has 2 fully saturated rings. The Kier molecular flexibility index (Phi) is 3.53. The highest BCUT2D eigenvalue weighted by atomic mass is 16.5. The van der Waals surface area contributed by atoms with Gasteiger partial charge in [0.15, 0.2) is 0 Å². The van der Waals surface area contributed by atoms with Gasteiger partial charge in [-0.1, -0.05) is 0 Å². The summed E-state index contributed by atoms with van der Waals surface area (Å²) < 4.78 is 6.34. The van der Waals surface area contributed by atoms with Crippen molar-refractivity contribution in [1.82, 2.24) is 0 Å². The SMILES string of the molecule is CCOC(=O)[C@@H]1CCC[N@@+]2(C)CCCC[C@H]12. The zero-order valence-corrected chi connectivity index (χ0v) is 10.6. The maximum Gasteiger partial charge on any atom is 0.314 e. The van der Waals surface area contributed by atoms with E-state index in [1.807, 2.05) is 6.92 Å². The lowest BCUT2D eigenvalue weighted by Crippen LogP contribution is -2.62. The molecule has 0 aromatic carbocycles. The molecular weight excluding hydrogens is 202 g/mol. The van der Waals surface area contributed by atoms with Crippen LogP contribution < -0.4 is 0 Å². The van der Waals surface area contributed by atoms with Crippen molar-refractivity contribution < 1.29 is 14.0 Å². The lowest BCUT2D eigenvalue weighted by atomic mass is 9.81. The van der Waals surface area contributed by atoms with E-state index in [1.165, 1.54) is 38.8 Å². The number of quaternary nitrogens is 1. The van der Waals surface area contributed by atoms with Crippen molar-refractivity contribution in [3.63, 3.8) is 0 Å². The zero-order chi connectivity index (χ0) is 11.6. The summed E-state index contributed by atoms with van der Waals surface area (Å²) in [7, 11) is 2.33. The molecule has 0 aromatic rings. The van der Waals surface area contributed by atoms with Crippen molar-refractivity contribution in [2.45, 2.75) is 45.1 Å². The highest BCUT2D eigenvalue weighted by molar-refractivity contribution is 5.73. The lowest BCUT2D eigenvalue weighted by Gasteiger charge is -2.50. The Morgan fingerprint density at radius 2 is 2.00 bits per heavy atom. The summed E-state index contributed by atoms with van der Waals surface area (Å²) in [6.07, 6.45) is 6.03. The molecule has 2 saturated heterocycles. The Morgan fingerprint density at radius 3 is 2.75 bits per heavy atom. The van der Waals surface area contributed by atoms with E-state index in [4.69, 9.17) is 4.74 Å². The molecule has 3 atom stereocenters. The van der Waals surface area contributed by atoms with Crippen LogP contribution in [0.15, 0.2) is 0 Å². The van der Waals surface area contributed by atoms with Crippen LogP contribution in [0.3, 0.4) is 0 Å². The molecule has 2 heterocycles. The number of hydrogen-bond donors (Lipinski definition) is 0. The number of carbonyl (C=O) groups is 1. The fraction of sp³-hybridized carbons (Fsp3) is 0.923. The minimum absolute atomic E-state index is 0.0541. The van der Waals surface area contributed by atoms with E-state index in [0.29, 0.717) is 12.6 Å². The standard InChI is InChI=1S/C13H24NO2/c1-3-16-13(15)11-7-6-10-14(2)9-5-4-8-12(11)14/h11-12H,3-10H2,1-2H3/q+1/t11-,12-,14-/m1/s1. The van der Waals surface area contributed by atoms with Gasteiger partial charge in [0, 0.05) is 6.42 Å². The Labute approximate surface area is 98.4 Å². The van der Waals surface area contributed by atoms with Crippen molar-refractivity contribution in [2.24, 2.45) is 5.92 Å². The van der Waals surface area contributed by atoms with Gasteiger partial charge in [-0.05, 0) is 32.6 Å². The van der Waals surface area contributed by atoms with Crippen LogP contribution in [0.25, 0.3) is 0 Å². The largest absolute Gasteiger partial charge is 0.466 e. The summed E-state index contributed by atoms with van der Waals surface area (Å²) in [5.41, 5.74) is 0. The van der Waals surface area contributed by atoms with Crippen LogP contribution in [0.1, 0.15) is 39.0 Å². The molecule has 0 spiro atoms. The molecule has 0 aliphatic carbocycles. The molecule has 3 heteroatoms. The molecule has 0 saturated carbocycles. The minimum Gasteiger partial charge on any atom is -0.466 e. The third-order valence-electron chi connectivity index (χ3n) is 4.46. The van der Waals surface area contributed by atoms with Crippen LogP contribution in [0.2, 0.25) is 0 Å². The number of carbonyl (C=O) groups excluding carboxylic acids is 1. The molecule has 0 amide bonds. The number of fused-ring (bicyclic) bond motifs is 1. The first-order chi connectivity index (χ1) is 7.67. The van der Waals surface area contributed by atoms with E-state index < -0.39 is 0 Å². The second-order valence-corrected chi connectivity index (χ2v) is 5.49. The Balaban J connectivity index is 2.10. The van der Waals surface area contributed by atoms with E-state index in [1.54, 1.807) is 0 Å². The average Bonchev–Trinajstić information content (AvgIpc) is 2.27. The van der Waals surface area contributed by atoms with Crippen LogP contribution in [-0.4, -0.2) is 43.2 Å². The van der Waals surface area contributed by atoms with Crippen LogP contribution >= 0.6 is 0 Å². The first kappa shape index (κ1) is 11.9. The molecule has 0 aromatic heterocycles. The molecule has 0 radical (unpaired) electrons. The summed E-state index contributed by atoms with van der Waals surface area (Å²) in [5.74, 6) is 0.220. The van der Waals surface area contributed by atoms with Crippen molar-refractivity contribution in [1.29, 1.82) is 0 Å². The lowest BCUT2D eigenvalue weighted by molar-refractivity contribution is -0.945. The van der Waals surface area contributed by atoms with Gasteiger partial charge >= 0.3 is 5.97 Å². The van der Waals surface area contributed by atoms with Crippen molar-refractivity contribution >= 4 is 5.97 Å². The molecule has 3 nitrogen and oxygen atoms in total. The van der Waals surface area contributed by atoms with Gasteiger partial charge in [0.05, 0.1) is 26.7 Å². The van der Waals surface area contributed by atoms with Gasteiger partial charge in [-0.15, -0.1) is 0 Å². The summed E-state index contributed by atoms with van der Waals surface area (Å²) in [6.45, 7) is 4.92. The van der Waals surface area contributed by atoms with Gasteiger partial charge in [0.25, 0.3) is 0 Å². The first-order valence-corrected chi connectivity index (χ1v) is 6.68. The number of esters is 1. The van der Waals surface area contributed by atoms with Crippen molar-refractivity contribution in [2.75, 3.05) is 26.7 Å². The minimum atomic E-state index is 0.0541. The molecule has 92 valence electrons. The number of piperidine rings is 2. The maximum atomic E-state index is 12.0. The smallest absolute Gasteiger partial charge is 0.314 e. The molecule has 0 bridgehead atoms. The summed E-state index contributed by atoms with van der Waals surface area (Å²) in [5, 5.41) is 0. The van der Waals surface area contributed by atoms with Gasteiger partial charge in [0.2, 0.25) is 0 Å². The number of rotatable bonds is 2. The number of ether oxygens (including phenoxy) is 1. The monoisotopic (exact) mass is 226 g/mol. The van der Waals surface area contributed by atoms with E-state index in [9.17, 15) is 4.79 Å². The Bertz CT molecular complexity index is 263. The number of hydrogen-bond acceptors (Lipinski definition) is 2. The Morgan fingerprint density at radius 1 is 1.25 bits per heavy atom. The molecule has 0 N–H and O–H groups in total. The maximum absolute atomic E-state index is 12.0. The highest BCUT2D eigenvalue weighted by Crippen LogP contribution is 2.36. The molecule has 2 rings (SSSR count). The van der Waals surface area contributed by atoms with Crippen molar-refractivity contribution in [3.8, 4) is 0 Å². The van der Waals surface area contributed by atoms with E-state index >= 15 is 0 Å². The zero-order valence-electron chi connectivity index (χ0n) is 10.6. The second-order valence-electron chi connectivity index (χ2n) is 5.49.